The standard InChI is InChI=1S/C9H8O4.C6H6/c10-7-3-1-6(5-8(7)11)2-4-9(12)13;1-2-4-6-5-3-1/h1-5,10-11H,(H,12,13);1-6H. The summed E-state index contributed by atoms with van der Waals surface area (Å²) in [6.45, 7) is 0. The van der Waals surface area contributed by atoms with Crippen molar-refractivity contribution in [2.24, 2.45) is 0 Å². The molecule has 0 heterocycles. The number of rotatable bonds is 2. The Morgan fingerprint density at radius 1 is 0.895 bits per heavy atom. The fourth-order valence-electron chi connectivity index (χ4n) is 1.20. The van der Waals surface area contributed by atoms with Crippen LogP contribution in [0.1, 0.15) is 5.56 Å². The first-order valence-corrected chi connectivity index (χ1v) is 5.52. The van der Waals surface area contributed by atoms with Crippen molar-refractivity contribution in [3.05, 3.63) is 66.2 Å². The molecule has 0 aliphatic heterocycles. The normalized spacial score (nSPS) is 9.68. The predicted octanol–water partition coefficient (Wildman–Crippen LogP) is 2.88. The van der Waals surface area contributed by atoms with Gasteiger partial charge in [0, 0.05) is 6.08 Å². The lowest BCUT2D eigenvalue weighted by atomic mass is 10.2. The summed E-state index contributed by atoms with van der Waals surface area (Å²) in [5.74, 6) is -1.56. The summed E-state index contributed by atoms with van der Waals surface area (Å²) in [6, 6.07) is 16.1. The van der Waals surface area contributed by atoms with Crippen LogP contribution in [0, 0.1) is 0 Å². The van der Waals surface area contributed by atoms with Crippen LogP contribution in [0.3, 0.4) is 0 Å². The van der Waals surface area contributed by atoms with Gasteiger partial charge in [0.2, 0.25) is 0 Å². The molecular formula is C15H14O4. The van der Waals surface area contributed by atoms with E-state index < -0.39 is 5.97 Å². The molecule has 0 fully saturated rings. The maximum Gasteiger partial charge on any atom is 0.328 e. The molecule has 19 heavy (non-hydrogen) atoms. The number of phenols is 2. The van der Waals surface area contributed by atoms with Gasteiger partial charge < -0.3 is 15.3 Å². The van der Waals surface area contributed by atoms with E-state index in [4.69, 9.17) is 15.3 Å². The molecule has 2 aromatic rings. The van der Waals surface area contributed by atoms with E-state index in [0.717, 1.165) is 6.08 Å². The molecule has 0 amide bonds. The van der Waals surface area contributed by atoms with Crippen LogP contribution in [0.4, 0.5) is 0 Å². The van der Waals surface area contributed by atoms with Crippen molar-refractivity contribution in [3.8, 4) is 11.5 Å². The van der Waals surface area contributed by atoms with Gasteiger partial charge in [0.15, 0.2) is 11.5 Å². The second-order valence-corrected chi connectivity index (χ2v) is 3.57. The molecule has 0 aliphatic rings. The molecule has 0 unspecified atom stereocenters. The average Bonchev–Trinajstić information content (AvgIpc) is 2.43. The number of carboxylic acids is 1. The zero-order valence-corrected chi connectivity index (χ0v) is 10.1. The van der Waals surface area contributed by atoms with E-state index in [-0.39, 0.29) is 11.5 Å². The van der Waals surface area contributed by atoms with E-state index in [2.05, 4.69) is 0 Å². The maximum absolute atomic E-state index is 10.1. The van der Waals surface area contributed by atoms with Crippen molar-refractivity contribution in [3.63, 3.8) is 0 Å². The quantitative estimate of drug-likeness (QED) is 0.571. The van der Waals surface area contributed by atoms with Gasteiger partial charge in [-0.1, -0.05) is 42.5 Å². The van der Waals surface area contributed by atoms with Gasteiger partial charge in [0.05, 0.1) is 0 Å². The summed E-state index contributed by atoms with van der Waals surface area (Å²) in [6.07, 6.45) is 2.27. The molecule has 2 rings (SSSR count). The number of phenolic OH excluding ortho intramolecular Hbond substituents is 2. The Morgan fingerprint density at radius 2 is 1.42 bits per heavy atom. The van der Waals surface area contributed by atoms with Gasteiger partial charge in [-0.3, -0.25) is 0 Å². The molecule has 0 spiro atoms. The maximum atomic E-state index is 10.1. The van der Waals surface area contributed by atoms with Crippen LogP contribution in [0.25, 0.3) is 6.08 Å². The summed E-state index contributed by atoms with van der Waals surface area (Å²) in [5, 5.41) is 26.3. The zero-order valence-electron chi connectivity index (χ0n) is 10.1. The van der Waals surface area contributed by atoms with Crippen molar-refractivity contribution in [2.75, 3.05) is 0 Å². The van der Waals surface area contributed by atoms with Crippen molar-refractivity contribution in [1.82, 2.24) is 0 Å². The predicted molar refractivity (Wildman–Crippen MR) is 72.9 cm³/mol. The highest BCUT2D eigenvalue weighted by atomic mass is 16.4. The number of aromatic hydroxyl groups is 2. The van der Waals surface area contributed by atoms with Gasteiger partial charge in [-0.2, -0.15) is 0 Å². The lowest BCUT2D eigenvalue weighted by Crippen LogP contribution is -1.85. The van der Waals surface area contributed by atoms with Gasteiger partial charge in [-0.05, 0) is 23.8 Å². The first kappa shape index (κ1) is 14.3. The molecule has 0 aliphatic carbocycles. The smallest absolute Gasteiger partial charge is 0.328 e. The van der Waals surface area contributed by atoms with Crippen LogP contribution in [0.5, 0.6) is 11.5 Å². The second kappa shape index (κ2) is 7.55. The number of aliphatic carboxylic acids is 1. The summed E-state index contributed by atoms with van der Waals surface area (Å²) in [4.78, 5) is 10.1. The molecule has 0 radical (unpaired) electrons. The Bertz CT molecular complexity index is 521. The van der Waals surface area contributed by atoms with Crippen LogP contribution in [-0.4, -0.2) is 21.3 Å². The summed E-state index contributed by atoms with van der Waals surface area (Å²) >= 11 is 0. The molecule has 3 N–H and O–H groups in total. The molecule has 0 saturated carbocycles. The fourth-order valence-corrected chi connectivity index (χ4v) is 1.20. The minimum absolute atomic E-state index is 0.229. The number of carboxylic acid groups (broad SMARTS) is 1. The van der Waals surface area contributed by atoms with E-state index in [9.17, 15) is 4.79 Å². The van der Waals surface area contributed by atoms with Crippen molar-refractivity contribution >= 4 is 12.0 Å². The number of benzene rings is 2. The highest BCUT2D eigenvalue weighted by Crippen LogP contribution is 2.25. The monoisotopic (exact) mass is 258 g/mol. The molecule has 4 heteroatoms. The molecule has 0 atom stereocenters. The topological polar surface area (TPSA) is 77.8 Å². The summed E-state index contributed by atoms with van der Waals surface area (Å²) < 4.78 is 0. The third kappa shape index (κ3) is 5.93. The zero-order chi connectivity index (χ0) is 14.1. The molecule has 2 aromatic carbocycles. The Balaban J connectivity index is 0.000000250. The third-order valence-corrected chi connectivity index (χ3v) is 2.08. The molecule has 4 nitrogen and oxygen atoms in total. The van der Waals surface area contributed by atoms with E-state index in [1.54, 1.807) is 0 Å². The highest BCUT2D eigenvalue weighted by Gasteiger charge is 1.97. The number of hydrogen-bond donors (Lipinski definition) is 3. The Hall–Kier alpha value is -2.75. The molecule has 98 valence electrons. The number of hydrogen-bond acceptors (Lipinski definition) is 3. The van der Waals surface area contributed by atoms with Gasteiger partial charge in [-0.15, -0.1) is 0 Å². The Morgan fingerprint density at radius 3 is 1.84 bits per heavy atom. The van der Waals surface area contributed by atoms with Crippen LogP contribution in [-0.2, 0) is 4.79 Å². The van der Waals surface area contributed by atoms with Crippen LogP contribution < -0.4 is 0 Å². The SMILES string of the molecule is O=C(O)C=Cc1ccc(O)c(O)c1.c1ccccc1. The molecule has 0 aromatic heterocycles. The van der Waals surface area contributed by atoms with Crippen LogP contribution in [0.2, 0.25) is 0 Å². The lowest BCUT2D eigenvalue weighted by molar-refractivity contribution is -0.131. The fraction of sp³-hybridized carbons (Fsp3) is 0. The minimum atomic E-state index is -1.06. The van der Waals surface area contributed by atoms with Gasteiger partial charge in [0.25, 0.3) is 0 Å². The third-order valence-electron chi connectivity index (χ3n) is 2.08. The average molecular weight is 258 g/mol. The summed E-state index contributed by atoms with van der Waals surface area (Å²) in [5.41, 5.74) is 0.512. The minimum Gasteiger partial charge on any atom is -0.504 e. The molecule has 0 bridgehead atoms. The Kier molecular flexibility index (Phi) is 5.69. The van der Waals surface area contributed by atoms with Crippen LogP contribution >= 0.6 is 0 Å². The Labute approximate surface area is 110 Å². The van der Waals surface area contributed by atoms with E-state index in [0.29, 0.717) is 5.56 Å². The van der Waals surface area contributed by atoms with Gasteiger partial charge in [-0.25, -0.2) is 4.79 Å². The van der Waals surface area contributed by atoms with Crippen molar-refractivity contribution in [1.29, 1.82) is 0 Å². The highest BCUT2D eigenvalue weighted by molar-refractivity contribution is 5.85. The van der Waals surface area contributed by atoms with Crippen molar-refractivity contribution in [2.45, 2.75) is 0 Å². The van der Waals surface area contributed by atoms with Crippen LogP contribution in [0.15, 0.2) is 60.7 Å². The molecule has 0 saturated heterocycles. The van der Waals surface area contributed by atoms with Crippen molar-refractivity contribution < 1.29 is 20.1 Å². The van der Waals surface area contributed by atoms with Gasteiger partial charge in [0.1, 0.15) is 0 Å². The first-order valence-electron chi connectivity index (χ1n) is 5.52. The lowest BCUT2D eigenvalue weighted by Gasteiger charge is -1.97. The number of carbonyl (C=O) groups is 1. The van der Waals surface area contributed by atoms with E-state index >= 15 is 0 Å². The largest absolute Gasteiger partial charge is 0.504 e. The second-order valence-electron chi connectivity index (χ2n) is 3.57. The molecular weight excluding hydrogens is 244 g/mol. The first-order chi connectivity index (χ1) is 9.09. The van der Waals surface area contributed by atoms with E-state index in [1.165, 1.54) is 24.3 Å². The van der Waals surface area contributed by atoms with Gasteiger partial charge >= 0.3 is 5.97 Å². The van der Waals surface area contributed by atoms with E-state index in [1.807, 2.05) is 36.4 Å². The summed E-state index contributed by atoms with van der Waals surface area (Å²) in [7, 11) is 0.